The average Bonchev–Trinajstić information content (AvgIpc) is 2.55. The molecule has 0 N–H and O–H groups in total. The van der Waals surface area contributed by atoms with Gasteiger partial charge in [-0.3, -0.25) is 0 Å². The van der Waals surface area contributed by atoms with Crippen molar-refractivity contribution in [3.63, 3.8) is 0 Å². The van der Waals surface area contributed by atoms with Gasteiger partial charge in [-0.15, -0.1) is 0 Å². The summed E-state index contributed by atoms with van der Waals surface area (Å²) in [6.07, 6.45) is 4.79. The molecule has 0 amide bonds. The lowest BCUT2D eigenvalue weighted by Crippen LogP contribution is -2.30. The summed E-state index contributed by atoms with van der Waals surface area (Å²) in [5.74, 6) is 0. The van der Waals surface area contributed by atoms with Gasteiger partial charge in [-0.25, -0.2) is 8.42 Å². The lowest BCUT2D eigenvalue weighted by atomic mass is 10.2. The predicted molar refractivity (Wildman–Crippen MR) is 94.6 cm³/mol. The highest BCUT2D eigenvalue weighted by molar-refractivity contribution is 7.89. The van der Waals surface area contributed by atoms with E-state index in [4.69, 9.17) is 0 Å². The summed E-state index contributed by atoms with van der Waals surface area (Å²) in [5.41, 5.74) is 2.03. The molecule has 2 aromatic carbocycles. The Balaban J connectivity index is 2.31. The monoisotopic (exact) mass is 329 g/mol. The summed E-state index contributed by atoms with van der Waals surface area (Å²) in [7, 11) is -3.51. The Morgan fingerprint density at radius 3 is 2.22 bits per heavy atom. The predicted octanol–water partition coefficient (Wildman–Crippen LogP) is 4.15. The Hall–Kier alpha value is -1.91. The fraction of sp³-hybridized carbons (Fsp3) is 0.263. The van der Waals surface area contributed by atoms with E-state index < -0.39 is 10.0 Å². The van der Waals surface area contributed by atoms with Crippen molar-refractivity contribution in [3.05, 3.63) is 77.9 Å². The van der Waals surface area contributed by atoms with Crippen LogP contribution >= 0.6 is 0 Å². The third-order valence-electron chi connectivity index (χ3n) is 3.57. The van der Waals surface area contributed by atoms with Crippen molar-refractivity contribution < 1.29 is 8.42 Å². The number of sulfonamides is 1. The summed E-state index contributed by atoms with van der Waals surface area (Å²) in [4.78, 5) is 0.337. The van der Waals surface area contributed by atoms with Crippen LogP contribution in [0.2, 0.25) is 0 Å². The molecule has 2 rings (SSSR count). The zero-order chi connectivity index (χ0) is 16.7. The fourth-order valence-electron chi connectivity index (χ4n) is 2.25. The summed E-state index contributed by atoms with van der Waals surface area (Å²) in [6, 6.07) is 16.7. The first-order chi connectivity index (χ1) is 11.0. The van der Waals surface area contributed by atoms with Crippen molar-refractivity contribution in [1.82, 2.24) is 4.31 Å². The summed E-state index contributed by atoms with van der Waals surface area (Å²) >= 11 is 0. The molecule has 0 aliphatic carbocycles. The van der Waals surface area contributed by atoms with Crippen molar-refractivity contribution >= 4 is 10.0 Å². The van der Waals surface area contributed by atoms with E-state index >= 15 is 0 Å². The zero-order valence-electron chi connectivity index (χ0n) is 13.6. The van der Waals surface area contributed by atoms with Crippen LogP contribution in [-0.2, 0) is 16.6 Å². The first-order valence-corrected chi connectivity index (χ1v) is 9.24. The van der Waals surface area contributed by atoms with Crippen LogP contribution in [0.15, 0.2) is 71.6 Å². The van der Waals surface area contributed by atoms with Gasteiger partial charge in [-0.2, -0.15) is 4.31 Å². The van der Waals surface area contributed by atoms with Crippen molar-refractivity contribution in [1.29, 1.82) is 0 Å². The molecule has 0 atom stereocenters. The molecule has 0 saturated carbocycles. The molecular weight excluding hydrogens is 306 g/mol. The van der Waals surface area contributed by atoms with Gasteiger partial charge in [0.1, 0.15) is 0 Å². The van der Waals surface area contributed by atoms with Crippen LogP contribution in [0.3, 0.4) is 0 Å². The van der Waals surface area contributed by atoms with E-state index in [-0.39, 0.29) is 0 Å². The second kappa shape index (κ2) is 8.09. The van der Waals surface area contributed by atoms with E-state index in [0.717, 1.165) is 17.5 Å². The third-order valence-corrected chi connectivity index (χ3v) is 5.40. The third kappa shape index (κ3) is 4.78. The lowest BCUT2D eigenvalue weighted by molar-refractivity contribution is 0.438. The highest BCUT2D eigenvalue weighted by Gasteiger charge is 2.23. The van der Waals surface area contributed by atoms with E-state index in [1.54, 1.807) is 12.1 Å². The van der Waals surface area contributed by atoms with Crippen LogP contribution in [0.1, 0.15) is 24.5 Å². The Morgan fingerprint density at radius 2 is 1.61 bits per heavy atom. The molecule has 0 unspecified atom stereocenters. The summed E-state index contributed by atoms with van der Waals surface area (Å²) < 4.78 is 27.4. The van der Waals surface area contributed by atoms with Gasteiger partial charge in [-0.1, -0.05) is 67.1 Å². The Morgan fingerprint density at radius 1 is 0.957 bits per heavy atom. The van der Waals surface area contributed by atoms with Crippen molar-refractivity contribution in [2.45, 2.75) is 31.7 Å². The maximum absolute atomic E-state index is 12.9. The number of rotatable bonds is 7. The second-order valence-corrected chi connectivity index (χ2v) is 7.41. The van der Waals surface area contributed by atoms with Gasteiger partial charge >= 0.3 is 0 Å². The SMILES string of the molecule is CC/C=C/CN(Cc1ccccc1)S(=O)(=O)c1ccc(C)cc1. The minimum atomic E-state index is -3.51. The molecular formula is C19H23NO2S. The lowest BCUT2D eigenvalue weighted by Gasteiger charge is -2.21. The summed E-state index contributed by atoms with van der Waals surface area (Å²) in [5, 5.41) is 0. The van der Waals surface area contributed by atoms with Gasteiger partial charge in [0.25, 0.3) is 0 Å². The molecule has 122 valence electrons. The first kappa shape index (κ1) is 17.4. The topological polar surface area (TPSA) is 37.4 Å². The van der Waals surface area contributed by atoms with Gasteiger partial charge in [0, 0.05) is 13.1 Å². The number of nitrogens with zero attached hydrogens (tertiary/aromatic N) is 1. The molecule has 3 nitrogen and oxygen atoms in total. The largest absolute Gasteiger partial charge is 0.243 e. The second-order valence-electron chi connectivity index (χ2n) is 5.48. The van der Waals surface area contributed by atoms with Crippen LogP contribution in [0.4, 0.5) is 0 Å². The van der Waals surface area contributed by atoms with Gasteiger partial charge in [0.2, 0.25) is 10.0 Å². The minimum absolute atomic E-state index is 0.337. The quantitative estimate of drug-likeness (QED) is 0.716. The zero-order valence-corrected chi connectivity index (χ0v) is 14.5. The molecule has 0 fully saturated rings. The molecule has 0 radical (unpaired) electrons. The molecule has 2 aromatic rings. The van der Waals surface area contributed by atoms with E-state index in [1.807, 2.05) is 68.5 Å². The first-order valence-electron chi connectivity index (χ1n) is 7.80. The van der Waals surface area contributed by atoms with Crippen LogP contribution in [0.25, 0.3) is 0 Å². The number of allylic oxidation sites excluding steroid dienone is 1. The molecule has 0 aliphatic rings. The van der Waals surface area contributed by atoms with Crippen LogP contribution < -0.4 is 0 Å². The normalized spacial score (nSPS) is 12.1. The highest BCUT2D eigenvalue weighted by Crippen LogP contribution is 2.19. The van der Waals surface area contributed by atoms with Gasteiger partial charge in [0.05, 0.1) is 4.90 Å². The molecule has 0 aliphatic heterocycles. The van der Waals surface area contributed by atoms with Crippen molar-refractivity contribution in [3.8, 4) is 0 Å². The number of hydrogen-bond acceptors (Lipinski definition) is 2. The molecule has 0 heterocycles. The molecule has 0 aromatic heterocycles. The minimum Gasteiger partial charge on any atom is -0.207 e. The van der Waals surface area contributed by atoms with Gasteiger partial charge < -0.3 is 0 Å². The van der Waals surface area contributed by atoms with E-state index in [1.165, 1.54) is 4.31 Å². The average molecular weight is 329 g/mol. The fourth-order valence-corrected chi connectivity index (χ4v) is 3.63. The van der Waals surface area contributed by atoms with Gasteiger partial charge in [-0.05, 0) is 31.0 Å². The molecule has 0 saturated heterocycles. The summed E-state index contributed by atoms with van der Waals surface area (Å²) in [6.45, 7) is 4.72. The maximum atomic E-state index is 12.9. The Kier molecular flexibility index (Phi) is 6.13. The molecule has 0 spiro atoms. The van der Waals surface area contributed by atoms with E-state index in [9.17, 15) is 8.42 Å². The Bertz CT molecular complexity index is 735. The molecule has 4 heteroatoms. The van der Waals surface area contributed by atoms with Crippen LogP contribution in [0, 0.1) is 6.92 Å². The van der Waals surface area contributed by atoms with E-state index in [0.29, 0.717) is 18.0 Å². The maximum Gasteiger partial charge on any atom is 0.243 e. The highest BCUT2D eigenvalue weighted by atomic mass is 32.2. The number of hydrogen-bond donors (Lipinski definition) is 0. The van der Waals surface area contributed by atoms with Gasteiger partial charge in [0.15, 0.2) is 0 Å². The van der Waals surface area contributed by atoms with Crippen molar-refractivity contribution in [2.75, 3.05) is 6.54 Å². The smallest absolute Gasteiger partial charge is 0.207 e. The van der Waals surface area contributed by atoms with E-state index in [2.05, 4.69) is 0 Å². The number of benzene rings is 2. The standard InChI is InChI=1S/C19H23NO2S/c1-3-4-8-15-20(16-18-9-6-5-7-10-18)23(21,22)19-13-11-17(2)12-14-19/h4-14H,3,15-16H2,1-2H3/b8-4+. The molecule has 23 heavy (non-hydrogen) atoms. The number of aryl methyl sites for hydroxylation is 1. The Labute approximate surface area is 139 Å². The van der Waals surface area contributed by atoms with Crippen LogP contribution in [0.5, 0.6) is 0 Å². The van der Waals surface area contributed by atoms with Crippen LogP contribution in [-0.4, -0.2) is 19.3 Å². The van der Waals surface area contributed by atoms with Crippen molar-refractivity contribution in [2.24, 2.45) is 0 Å². The molecule has 0 bridgehead atoms.